The molecular weight excluding hydrogens is 300 g/mol. The first-order valence-corrected chi connectivity index (χ1v) is 8.40. The second-order valence-electron chi connectivity index (χ2n) is 4.90. The van der Waals surface area contributed by atoms with Gasteiger partial charge in [-0.3, -0.25) is 4.79 Å². The molecule has 7 heteroatoms. The van der Waals surface area contributed by atoms with Crippen LogP contribution in [0, 0.1) is 13.8 Å². The minimum absolute atomic E-state index is 0.156. The number of thiazole rings is 1. The zero-order valence-corrected chi connectivity index (χ0v) is 14.7. The minimum atomic E-state index is -0.156. The first-order chi connectivity index (χ1) is 10.6. The number of esters is 1. The molecule has 0 bridgehead atoms. The van der Waals surface area contributed by atoms with Crippen molar-refractivity contribution in [3.05, 3.63) is 15.6 Å². The van der Waals surface area contributed by atoms with E-state index in [1.165, 1.54) is 12.0 Å². The van der Waals surface area contributed by atoms with Gasteiger partial charge in [0.1, 0.15) is 0 Å². The zero-order chi connectivity index (χ0) is 16.4. The van der Waals surface area contributed by atoms with Gasteiger partial charge in [-0.15, -0.1) is 11.3 Å². The van der Waals surface area contributed by atoms with Gasteiger partial charge in [-0.2, -0.15) is 0 Å². The molecule has 0 aromatic carbocycles. The molecule has 0 aliphatic rings. The monoisotopic (exact) mass is 326 g/mol. The average Bonchev–Trinajstić information content (AvgIpc) is 2.81. The molecule has 0 amide bonds. The van der Waals surface area contributed by atoms with Crippen LogP contribution in [0.4, 0.5) is 0 Å². The number of hydrogen-bond donors (Lipinski definition) is 2. The molecule has 6 nitrogen and oxygen atoms in total. The van der Waals surface area contributed by atoms with E-state index in [9.17, 15) is 4.79 Å². The highest BCUT2D eigenvalue weighted by atomic mass is 32.1. The van der Waals surface area contributed by atoms with Crippen LogP contribution < -0.4 is 10.6 Å². The lowest BCUT2D eigenvalue weighted by Gasteiger charge is -2.10. The molecule has 0 aliphatic carbocycles. The molecule has 2 N–H and O–H groups in total. The second-order valence-corrected chi connectivity index (χ2v) is 6.18. The molecule has 0 saturated heterocycles. The Bertz CT molecular complexity index is 500. The highest BCUT2D eigenvalue weighted by molar-refractivity contribution is 7.11. The Hall–Kier alpha value is -1.63. The number of hydrogen-bond acceptors (Lipinski definition) is 5. The van der Waals surface area contributed by atoms with E-state index in [1.54, 1.807) is 11.3 Å². The topological polar surface area (TPSA) is 75.6 Å². The van der Waals surface area contributed by atoms with E-state index >= 15 is 0 Å². The molecule has 22 heavy (non-hydrogen) atoms. The van der Waals surface area contributed by atoms with Crippen LogP contribution in [-0.2, 0) is 16.1 Å². The molecule has 1 aromatic rings. The summed E-state index contributed by atoms with van der Waals surface area (Å²) in [4.78, 5) is 21.2. The van der Waals surface area contributed by atoms with Gasteiger partial charge in [0.2, 0.25) is 0 Å². The van der Waals surface area contributed by atoms with Crippen LogP contribution in [0.15, 0.2) is 4.99 Å². The molecule has 1 aromatic heterocycles. The van der Waals surface area contributed by atoms with E-state index < -0.39 is 0 Å². The quantitative estimate of drug-likeness (QED) is 0.331. The standard InChI is InChI=1S/C15H26N4O2S/c1-5-16-15(17-9-7-6-8-14(20)21-4)18-10-13-11(2)19-12(3)22-13/h5-10H2,1-4H3,(H2,16,17,18). The van der Waals surface area contributed by atoms with Crippen molar-refractivity contribution in [1.82, 2.24) is 15.6 Å². The average molecular weight is 326 g/mol. The molecule has 124 valence electrons. The van der Waals surface area contributed by atoms with Gasteiger partial charge in [0.15, 0.2) is 5.96 Å². The molecular formula is C15H26N4O2S. The lowest BCUT2D eigenvalue weighted by molar-refractivity contribution is -0.140. The predicted octanol–water partition coefficient (Wildman–Crippen LogP) is 2.16. The van der Waals surface area contributed by atoms with Crippen molar-refractivity contribution in [2.24, 2.45) is 4.99 Å². The van der Waals surface area contributed by atoms with Crippen LogP contribution in [0.3, 0.4) is 0 Å². The van der Waals surface area contributed by atoms with Gasteiger partial charge < -0.3 is 15.4 Å². The number of nitrogens with one attached hydrogen (secondary N) is 2. The number of aromatic nitrogens is 1. The summed E-state index contributed by atoms with van der Waals surface area (Å²) in [5.74, 6) is 0.641. The van der Waals surface area contributed by atoms with Gasteiger partial charge in [-0.05, 0) is 33.6 Å². The number of carbonyl (C=O) groups is 1. The summed E-state index contributed by atoms with van der Waals surface area (Å²) in [7, 11) is 1.42. The van der Waals surface area contributed by atoms with E-state index in [1.807, 2.05) is 20.8 Å². The zero-order valence-electron chi connectivity index (χ0n) is 13.9. The van der Waals surface area contributed by atoms with Crippen LogP contribution >= 0.6 is 11.3 Å². The Kier molecular flexibility index (Phi) is 8.50. The maximum absolute atomic E-state index is 11.0. The van der Waals surface area contributed by atoms with E-state index in [4.69, 9.17) is 0 Å². The van der Waals surface area contributed by atoms with Crippen molar-refractivity contribution in [2.75, 3.05) is 20.2 Å². The van der Waals surface area contributed by atoms with E-state index in [0.29, 0.717) is 13.0 Å². The molecule has 0 unspecified atom stereocenters. The molecule has 0 fully saturated rings. The van der Waals surface area contributed by atoms with Crippen molar-refractivity contribution >= 4 is 23.3 Å². The number of ether oxygens (including phenoxy) is 1. The van der Waals surface area contributed by atoms with Gasteiger partial charge in [0.25, 0.3) is 0 Å². The molecule has 1 rings (SSSR count). The summed E-state index contributed by atoms with van der Waals surface area (Å²) in [6.45, 7) is 8.29. The largest absolute Gasteiger partial charge is 0.469 e. The fourth-order valence-corrected chi connectivity index (χ4v) is 2.78. The fourth-order valence-electron chi connectivity index (χ4n) is 1.92. The predicted molar refractivity (Wildman–Crippen MR) is 90.3 cm³/mol. The number of aryl methyl sites for hydroxylation is 2. The molecule has 0 saturated carbocycles. The third-order valence-corrected chi connectivity index (χ3v) is 4.11. The van der Waals surface area contributed by atoms with Crippen LogP contribution in [0.25, 0.3) is 0 Å². The number of guanidine groups is 1. The summed E-state index contributed by atoms with van der Waals surface area (Å²) in [6.07, 6.45) is 2.18. The summed E-state index contributed by atoms with van der Waals surface area (Å²) in [6, 6.07) is 0. The maximum Gasteiger partial charge on any atom is 0.305 e. The van der Waals surface area contributed by atoms with Crippen molar-refractivity contribution in [3.63, 3.8) is 0 Å². The lowest BCUT2D eigenvalue weighted by atomic mass is 10.2. The van der Waals surface area contributed by atoms with Crippen LogP contribution in [-0.4, -0.2) is 37.1 Å². The number of aliphatic imine (C=N–C) groups is 1. The van der Waals surface area contributed by atoms with E-state index in [-0.39, 0.29) is 5.97 Å². The molecule has 1 heterocycles. The third kappa shape index (κ3) is 6.89. The van der Waals surface area contributed by atoms with Gasteiger partial charge in [-0.1, -0.05) is 0 Å². The number of methoxy groups -OCH3 is 1. The Morgan fingerprint density at radius 2 is 2.09 bits per heavy atom. The minimum Gasteiger partial charge on any atom is -0.469 e. The summed E-state index contributed by atoms with van der Waals surface area (Å²) in [5, 5.41) is 7.57. The summed E-state index contributed by atoms with van der Waals surface area (Å²) >= 11 is 1.69. The summed E-state index contributed by atoms with van der Waals surface area (Å²) < 4.78 is 4.62. The van der Waals surface area contributed by atoms with Crippen LogP contribution in [0.1, 0.15) is 41.8 Å². The van der Waals surface area contributed by atoms with Crippen LogP contribution in [0.5, 0.6) is 0 Å². The van der Waals surface area contributed by atoms with Crippen LogP contribution in [0.2, 0.25) is 0 Å². The van der Waals surface area contributed by atoms with Gasteiger partial charge in [0.05, 0.1) is 24.4 Å². The molecule has 0 aliphatic heterocycles. The smallest absolute Gasteiger partial charge is 0.305 e. The Morgan fingerprint density at radius 3 is 2.68 bits per heavy atom. The first-order valence-electron chi connectivity index (χ1n) is 7.58. The maximum atomic E-state index is 11.0. The first kappa shape index (κ1) is 18.4. The fraction of sp³-hybridized carbons (Fsp3) is 0.667. The SMILES string of the molecule is CCNC(=NCc1sc(C)nc1C)NCCCCC(=O)OC. The van der Waals surface area contributed by atoms with Crippen molar-refractivity contribution in [2.45, 2.75) is 46.6 Å². The third-order valence-electron chi connectivity index (χ3n) is 3.05. The van der Waals surface area contributed by atoms with Crippen molar-refractivity contribution < 1.29 is 9.53 Å². The van der Waals surface area contributed by atoms with Crippen molar-refractivity contribution in [1.29, 1.82) is 0 Å². The van der Waals surface area contributed by atoms with Gasteiger partial charge >= 0.3 is 5.97 Å². The highest BCUT2D eigenvalue weighted by Crippen LogP contribution is 2.17. The Morgan fingerprint density at radius 1 is 1.32 bits per heavy atom. The number of rotatable bonds is 8. The van der Waals surface area contributed by atoms with E-state index in [2.05, 4.69) is 25.3 Å². The normalized spacial score (nSPS) is 11.4. The molecule has 0 atom stereocenters. The van der Waals surface area contributed by atoms with Crippen molar-refractivity contribution in [3.8, 4) is 0 Å². The second kappa shape index (κ2) is 10.2. The van der Waals surface area contributed by atoms with Gasteiger partial charge in [-0.25, -0.2) is 9.98 Å². The number of nitrogens with zero attached hydrogens (tertiary/aromatic N) is 2. The number of unbranched alkanes of at least 4 members (excludes halogenated alkanes) is 1. The van der Waals surface area contributed by atoms with Gasteiger partial charge in [0, 0.05) is 24.4 Å². The molecule has 0 radical (unpaired) electrons. The number of carbonyl (C=O) groups excluding carboxylic acids is 1. The lowest BCUT2D eigenvalue weighted by Crippen LogP contribution is -2.37. The molecule has 0 spiro atoms. The Labute approximate surface area is 136 Å². The highest BCUT2D eigenvalue weighted by Gasteiger charge is 2.05. The van der Waals surface area contributed by atoms with E-state index in [0.717, 1.165) is 42.6 Å². The Balaban J connectivity index is 2.39. The summed E-state index contributed by atoms with van der Waals surface area (Å²) in [5.41, 5.74) is 1.06.